The lowest BCUT2D eigenvalue weighted by molar-refractivity contribution is -0.139. The zero-order valence-electron chi connectivity index (χ0n) is 20.5. The summed E-state index contributed by atoms with van der Waals surface area (Å²) in [5.41, 5.74) is 1.70. The number of ketones is 1. The van der Waals surface area contributed by atoms with Crippen molar-refractivity contribution in [3.05, 3.63) is 93.0 Å². The molecule has 1 aliphatic heterocycles. The fraction of sp³-hybridized carbons (Fsp3) is 0.214. The lowest BCUT2D eigenvalue weighted by Gasteiger charge is -2.26. The maximum absolute atomic E-state index is 13.3. The van der Waals surface area contributed by atoms with Crippen LogP contribution < -0.4 is 14.2 Å². The number of ether oxygens (including phenoxy) is 3. The van der Waals surface area contributed by atoms with Crippen molar-refractivity contribution >= 4 is 40.7 Å². The van der Waals surface area contributed by atoms with Crippen LogP contribution in [0.5, 0.6) is 17.2 Å². The van der Waals surface area contributed by atoms with Gasteiger partial charge in [0.25, 0.3) is 11.7 Å². The molecule has 4 rings (SSSR count). The Morgan fingerprint density at radius 2 is 1.54 bits per heavy atom. The number of benzene rings is 3. The maximum Gasteiger partial charge on any atom is 0.295 e. The average molecular weight is 542 g/mol. The zero-order chi connectivity index (χ0) is 26.7. The molecule has 192 valence electrons. The summed E-state index contributed by atoms with van der Waals surface area (Å²) in [6, 6.07) is 16.5. The third-order valence-corrected chi connectivity index (χ3v) is 6.79. The molecule has 0 bridgehead atoms. The van der Waals surface area contributed by atoms with Gasteiger partial charge in [-0.25, -0.2) is 0 Å². The first-order valence-electron chi connectivity index (χ1n) is 11.4. The summed E-state index contributed by atoms with van der Waals surface area (Å²) in [5, 5.41) is 11.6. The third-order valence-electron chi connectivity index (χ3n) is 6.23. The molecule has 37 heavy (non-hydrogen) atoms. The largest absolute Gasteiger partial charge is 0.507 e. The van der Waals surface area contributed by atoms with Crippen LogP contribution in [0.25, 0.3) is 5.76 Å². The van der Waals surface area contributed by atoms with Crippen LogP contribution >= 0.6 is 23.2 Å². The Labute approximate surface area is 224 Å². The molecule has 1 heterocycles. The van der Waals surface area contributed by atoms with E-state index in [0.717, 1.165) is 11.3 Å². The number of likely N-dealkylation sites (tertiary alicyclic amines) is 1. The van der Waals surface area contributed by atoms with E-state index in [2.05, 4.69) is 0 Å². The molecule has 1 aliphatic rings. The van der Waals surface area contributed by atoms with Crippen LogP contribution in [0.2, 0.25) is 10.0 Å². The predicted molar refractivity (Wildman–Crippen MR) is 142 cm³/mol. The Kier molecular flexibility index (Phi) is 7.95. The number of carbonyl (C=O) groups is 2. The molecule has 0 aliphatic carbocycles. The standard InChI is InChI=1S/C28H25Cl2NO6/c1-35-19-9-7-16(8-10-19)11-12-31-24(17-5-4-6-20(13-17)36-2)23(26(33)28(31)34)25(32)18-14-21(29)27(37-3)22(30)15-18/h4-10,13-15,24,32H,11-12H2,1-3H3/b25-23+. The fourth-order valence-electron chi connectivity index (χ4n) is 4.36. The highest BCUT2D eigenvalue weighted by molar-refractivity contribution is 6.46. The summed E-state index contributed by atoms with van der Waals surface area (Å²) < 4.78 is 15.8. The normalized spacial score (nSPS) is 16.7. The van der Waals surface area contributed by atoms with Gasteiger partial charge in [-0.05, 0) is 53.9 Å². The van der Waals surface area contributed by atoms with Crippen LogP contribution in [0.4, 0.5) is 0 Å². The summed E-state index contributed by atoms with van der Waals surface area (Å²) in [6.45, 7) is 0.236. The number of aliphatic hydroxyl groups is 1. The highest BCUT2D eigenvalue weighted by Gasteiger charge is 2.46. The van der Waals surface area contributed by atoms with Crippen LogP contribution in [0.15, 0.2) is 66.2 Å². The number of amides is 1. The summed E-state index contributed by atoms with van der Waals surface area (Å²) in [6.07, 6.45) is 0.484. The van der Waals surface area contributed by atoms with E-state index in [9.17, 15) is 14.7 Å². The number of carbonyl (C=O) groups excluding carboxylic acids is 2. The number of halogens is 2. The van der Waals surface area contributed by atoms with Gasteiger partial charge in [-0.1, -0.05) is 47.5 Å². The highest BCUT2D eigenvalue weighted by Crippen LogP contribution is 2.42. The SMILES string of the molecule is COc1ccc(CCN2C(=O)C(=O)/C(=C(/O)c3cc(Cl)c(OC)c(Cl)c3)C2c2cccc(OC)c2)cc1. The molecule has 1 fully saturated rings. The molecule has 9 heteroatoms. The number of hydrogen-bond donors (Lipinski definition) is 1. The molecule has 1 unspecified atom stereocenters. The van der Waals surface area contributed by atoms with Gasteiger partial charge < -0.3 is 24.2 Å². The molecular formula is C28H25Cl2NO6. The van der Waals surface area contributed by atoms with Crippen LogP contribution in [-0.2, 0) is 16.0 Å². The zero-order valence-corrected chi connectivity index (χ0v) is 22.0. The van der Waals surface area contributed by atoms with Gasteiger partial charge in [-0.2, -0.15) is 0 Å². The quantitative estimate of drug-likeness (QED) is 0.224. The molecule has 0 saturated carbocycles. The second kappa shape index (κ2) is 11.2. The minimum Gasteiger partial charge on any atom is -0.507 e. The smallest absolute Gasteiger partial charge is 0.295 e. The lowest BCUT2D eigenvalue weighted by atomic mass is 9.95. The molecule has 0 aromatic heterocycles. The molecule has 3 aromatic rings. The molecule has 1 atom stereocenters. The number of methoxy groups -OCH3 is 3. The second-order valence-electron chi connectivity index (χ2n) is 8.34. The topological polar surface area (TPSA) is 85.3 Å². The molecule has 0 radical (unpaired) electrons. The van der Waals surface area contributed by atoms with E-state index in [1.807, 2.05) is 24.3 Å². The second-order valence-corrected chi connectivity index (χ2v) is 9.15. The van der Waals surface area contributed by atoms with E-state index in [4.69, 9.17) is 37.4 Å². The number of nitrogens with zero attached hydrogens (tertiary/aromatic N) is 1. The van der Waals surface area contributed by atoms with Crippen molar-refractivity contribution in [2.75, 3.05) is 27.9 Å². The van der Waals surface area contributed by atoms with E-state index in [0.29, 0.717) is 17.7 Å². The molecule has 0 spiro atoms. The first kappa shape index (κ1) is 26.4. The monoisotopic (exact) mass is 541 g/mol. The lowest BCUT2D eigenvalue weighted by Crippen LogP contribution is -2.31. The van der Waals surface area contributed by atoms with E-state index in [-0.39, 0.29) is 39.2 Å². The summed E-state index contributed by atoms with van der Waals surface area (Å²) >= 11 is 12.6. The Morgan fingerprint density at radius 1 is 0.892 bits per heavy atom. The predicted octanol–water partition coefficient (Wildman–Crippen LogP) is 5.68. The molecule has 1 saturated heterocycles. The third kappa shape index (κ3) is 5.24. The Morgan fingerprint density at radius 3 is 2.14 bits per heavy atom. The van der Waals surface area contributed by atoms with Gasteiger partial charge in [-0.3, -0.25) is 9.59 Å². The van der Waals surface area contributed by atoms with Crippen molar-refractivity contribution in [1.29, 1.82) is 0 Å². The van der Waals surface area contributed by atoms with Crippen LogP contribution in [-0.4, -0.2) is 49.6 Å². The molecule has 7 nitrogen and oxygen atoms in total. The van der Waals surface area contributed by atoms with Gasteiger partial charge in [-0.15, -0.1) is 0 Å². The van der Waals surface area contributed by atoms with E-state index >= 15 is 0 Å². The van der Waals surface area contributed by atoms with Gasteiger partial charge in [0.2, 0.25) is 0 Å². The molecule has 1 amide bonds. The fourth-order valence-corrected chi connectivity index (χ4v) is 5.00. The maximum atomic E-state index is 13.3. The Hall–Kier alpha value is -3.68. The van der Waals surface area contributed by atoms with E-state index in [1.165, 1.54) is 31.3 Å². The number of rotatable bonds is 8. The van der Waals surface area contributed by atoms with Crippen LogP contribution in [0.1, 0.15) is 22.7 Å². The number of aliphatic hydroxyl groups excluding tert-OH is 1. The van der Waals surface area contributed by atoms with Gasteiger partial charge in [0, 0.05) is 12.1 Å². The van der Waals surface area contributed by atoms with Gasteiger partial charge in [0.05, 0.1) is 43.0 Å². The first-order chi connectivity index (χ1) is 17.8. The average Bonchev–Trinajstić information content (AvgIpc) is 3.16. The number of Topliss-reactive ketones (excluding diaryl/α,β-unsaturated/α-hetero) is 1. The van der Waals surface area contributed by atoms with Crippen molar-refractivity contribution in [2.24, 2.45) is 0 Å². The Bertz CT molecular complexity index is 1350. The minimum absolute atomic E-state index is 0.0646. The van der Waals surface area contributed by atoms with Gasteiger partial charge >= 0.3 is 0 Å². The summed E-state index contributed by atoms with van der Waals surface area (Å²) in [5.74, 6) is -0.392. The first-order valence-corrected chi connectivity index (χ1v) is 12.1. The van der Waals surface area contributed by atoms with Gasteiger partial charge in [0.1, 0.15) is 17.3 Å². The van der Waals surface area contributed by atoms with Crippen LogP contribution in [0, 0.1) is 0 Å². The van der Waals surface area contributed by atoms with E-state index in [1.54, 1.807) is 31.4 Å². The van der Waals surface area contributed by atoms with Crippen molar-refractivity contribution in [1.82, 2.24) is 4.90 Å². The molecule has 3 aromatic carbocycles. The van der Waals surface area contributed by atoms with Crippen molar-refractivity contribution in [2.45, 2.75) is 12.5 Å². The van der Waals surface area contributed by atoms with E-state index < -0.39 is 17.7 Å². The Balaban J connectivity index is 1.80. The van der Waals surface area contributed by atoms with Crippen molar-refractivity contribution in [3.8, 4) is 17.2 Å². The highest BCUT2D eigenvalue weighted by atomic mass is 35.5. The number of hydrogen-bond acceptors (Lipinski definition) is 6. The van der Waals surface area contributed by atoms with Crippen LogP contribution in [0.3, 0.4) is 0 Å². The minimum atomic E-state index is -0.854. The van der Waals surface area contributed by atoms with Gasteiger partial charge in [0.15, 0.2) is 5.75 Å². The molecular weight excluding hydrogens is 517 g/mol. The summed E-state index contributed by atoms with van der Waals surface area (Å²) in [4.78, 5) is 28.0. The summed E-state index contributed by atoms with van der Waals surface area (Å²) in [7, 11) is 4.54. The van der Waals surface area contributed by atoms with Crippen molar-refractivity contribution < 1.29 is 28.9 Å². The van der Waals surface area contributed by atoms with Crippen molar-refractivity contribution in [3.63, 3.8) is 0 Å². The molecule has 1 N–H and O–H groups in total.